The molecular weight excluding hydrogens is 459 g/mol. The molecule has 3 N–H and O–H groups in total. The quantitative estimate of drug-likeness (QED) is 0.303. The third kappa shape index (κ3) is 5.82. The highest BCUT2D eigenvalue weighted by Gasteiger charge is 2.30. The van der Waals surface area contributed by atoms with Gasteiger partial charge in [0.05, 0.1) is 17.4 Å². The number of nitrogens with one attached hydrogen (secondary N) is 3. The first-order valence-electron chi connectivity index (χ1n) is 10.3. The Hall–Kier alpha value is -4.67. The standard InChI is InChI=1S/C24H20F3N7O/c1-3-21(35)30-17-5-4-6-18(11-17)31-22-20(15-7-9-16(10-8-15)24(25,26)27)13-28-23(33-22)32-19-12-29-34(2)14-19/h3-14H,1H2,2H3,(H,30,35)(H2,28,31,32,33). The summed E-state index contributed by atoms with van der Waals surface area (Å²) in [5, 5.41) is 13.0. The Kier molecular flexibility index (Phi) is 6.49. The predicted molar refractivity (Wildman–Crippen MR) is 128 cm³/mol. The summed E-state index contributed by atoms with van der Waals surface area (Å²) in [6, 6.07) is 11.6. The van der Waals surface area contributed by atoms with Gasteiger partial charge in [-0.1, -0.05) is 24.8 Å². The summed E-state index contributed by atoms with van der Waals surface area (Å²) in [6.07, 6.45) is 1.57. The van der Waals surface area contributed by atoms with Crippen LogP contribution >= 0.6 is 0 Å². The van der Waals surface area contributed by atoms with Crippen LogP contribution in [0.2, 0.25) is 0 Å². The van der Waals surface area contributed by atoms with Crippen LogP contribution < -0.4 is 16.0 Å². The van der Waals surface area contributed by atoms with Crippen LogP contribution in [-0.4, -0.2) is 25.7 Å². The summed E-state index contributed by atoms with van der Waals surface area (Å²) in [5.74, 6) is 0.239. The van der Waals surface area contributed by atoms with Crippen molar-refractivity contribution < 1.29 is 18.0 Å². The van der Waals surface area contributed by atoms with Crippen LogP contribution in [-0.2, 0) is 18.0 Å². The average molecular weight is 479 g/mol. The van der Waals surface area contributed by atoms with Gasteiger partial charge in [-0.05, 0) is 42.0 Å². The number of alkyl halides is 3. The molecule has 2 aromatic carbocycles. The highest BCUT2D eigenvalue weighted by Crippen LogP contribution is 2.34. The zero-order chi connectivity index (χ0) is 25.0. The molecule has 4 rings (SSSR count). The molecule has 0 unspecified atom stereocenters. The summed E-state index contributed by atoms with van der Waals surface area (Å²) < 4.78 is 40.7. The summed E-state index contributed by atoms with van der Waals surface area (Å²) >= 11 is 0. The highest BCUT2D eigenvalue weighted by molar-refractivity contribution is 5.99. The van der Waals surface area contributed by atoms with Crippen LogP contribution in [0.1, 0.15) is 5.56 Å². The summed E-state index contributed by atoms with van der Waals surface area (Å²) in [6.45, 7) is 3.43. The molecule has 35 heavy (non-hydrogen) atoms. The summed E-state index contributed by atoms with van der Waals surface area (Å²) in [7, 11) is 1.77. The maximum absolute atomic E-state index is 13.0. The van der Waals surface area contributed by atoms with Gasteiger partial charge in [0, 0.05) is 36.4 Å². The molecule has 0 saturated carbocycles. The fourth-order valence-corrected chi connectivity index (χ4v) is 3.21. The molecule has 0 radical (unpaired) electrons. The number of hydrogen-bond donors (Lipinski definition) is 3. The minimum atomic E-state index is -4.44. The topological polar surface area (TPSA) is 96.8 Å². The second kappa shape index (κ2) is 9.67. The minimum absolute atomic E-state index is 0.257. The molecule has 0 aliphatic carbocycles. The van der Waals surface area contributed by atoms with Gasteiger partial charge >= 0.3 is 6.18 Å². The van der Waals surface area contributed by atoms with Crippen molar-refractivity contribution in [2.24, 2.45) is 7.05 Å². The van der Waals surface area contributed by atoms with Gasteiger partial charge < -0.3 is 16.0 Å². The van der Waals surface area contributed by atoms with Crippen molar-refractivity contribution >= 4 is 34.7 Å². The first kappa shape index (κ1) is 23.5. The smallest absolute Gasteiger partial charge is 0.339 e. The van der Waals surface area contributed by atoms with Gasteiger partial charge in [-0.15, -0.1) is 0 Å². The molecule has 11 heteroatoms. The van der Waals surface area contributed by atoms with Gasteiger partial charge in [0.2, 0.25) is 11.9 Å². The number of amides is 1. The number of anilines is 5. The molecule has 1 amide bonds. The lowest BCUT2D eigenvalue weighted by molar-refractivity contribution is -0.137. The number of aryl methyl sites for hydroxylation is 1. The van der Waals surface area contributed by atoms with E-state index in [4.69, 9.17) is 0 Å². The van der Waals surface area contributed by atoms with E-state index in [1.54, 1.807) is 48.4 Å². The Morgan fingerprint density at radius 2 is 1.77 bits per heavy atom. The normalized spacial score (nSPS) is 11.1. The SMILES string of the molecule is C=CC(=O)Nc1cccc(Nc2nc(Nc3cnn(C)c3)ncc2-c2ccc(C(F)(F)F)cc2)c1. The number of benzene rings is 2. The molecule has 0 saturated heterocycles. The van der Waals surface area contributed by atoms with Crippen LogP contribution in [0.4, 0.5) is 42.0 Å². The predicted octanol–water partition coefficient (Wildman–Crippen LogP) is 5.51. The number of carbonyl (C=O) groups is 1. The zero-order valence-electron chi connectivity index (χ0n) is 18.5. The summed E-state index contributed by atoms with van der Waals surface area (Å²) in [5.41, 5.74) is 2.00. The van der Waals surface area contributed by atoms with Crippen molar-refractivity contribution in [2.45, 2.75) is 6.18 Å². The van der Waals surface area contributed by atoms with Crippen molar-refractivity contribution in [2.75, 3.05) is 16.0 Å². The van der Waals surface area contributed by atoms with E-state index in [9.17, 15) is 18.0 Å². The average Bonchev–Trinajstić information content (AvgIpc) is 3.23. The van der Waals surface area contributed by atoms with Crippen molar-refractivity contribution in [3.63, 3.8) is 0 Å². The third-order valence-corrected chi connectivity index (χ3v) is 4.85. The van der Waals surface area contributed by atoms with Crippen LogP contribution in [0, 0.1) is 0 Å². The Bertz CT molecular complexity index is 1360. The van der Waals surface area contributed by atoms with E-state index in [0.29, 0.717) is 34.0 Å². The Balaban J connectivity index is 1.70. The number of hydrogen-bond acceptors (Lipinski definition) is 6. The van der Waals surface area contributed by atoms with Gasteiger partial charge in [-0.3, -0.25) is 9.48 Å². The van der Waals surface area contributed by atoms with E-state index >= 15 is 0 Å². The number of rotatable bonds is 7. The molecule has 2 heterocycles. The molecule has 0 aliphatic heterocycles. The lowest BCUT2D eigenvalue weighted by Crippen LogP contribution is -2.07. The van der Waals surface area contributed by atoms with E-state index in [1.165, 1.54) is 18.3 Å². The fourth-order valence-electron chi connectivity index (χ4n) is 3.21. The van der Waals surface area contributed by atoms with Gasteiger partial charge in [0.25, 0.3) is 0 Å². The number of carbonyl (C=O) groups excluding carboxylic acids is 1. The molecule has 0 bridgehead atoms. The Morgan fingerprint density at radius 3 is 2.43 bits per heavy atom. The van der Waals surface area contributed by atoms with E-state index in [-0.39, 0.29) is 11.9 Å². The first-order valence-corrected chi connectivity index (χ1v) is 10.3. The lowest BCUT2D eigenvalue weighted by atomic mass is 10.1. The fraction of sp³-hybridized carbons (Fsp3) is 0.0833. The molecule has 4 aromatic rings. The summed E-state index contributed by atoms with van der Waals surface area (Å²) in [4.78, 5) is 20.5. The minimum Gasteiger partial charge on any atom is -0.339 e. The number of halogens is 3. The molecule has 0 fully saturated rings. The second-order valence-electron chi connectivity index (χ2n) is 7.46. The highest BCUT2D eigenvalue weighted by atomic mass is 19.4. The van der Waals surface area contributed by atoms with Gasteiger partial charge in [-0.25, -0.2) is 4.98 Å². The number of aromatic nitrogens is 4. The molecule has 178 valence electrons. The molecule has 8 nitrogen and oxygen atoms in total. The van der Waals surface area contributed by atoms with E-state index < -0.39 is 11.7 Å². The van der Waals surface area contributed by atoms with Crippen molar-refractivity contribution in [1.29, 1.82) is 0 Å². The van der Waals surface area contributed by atoms with Crippen LogP contribution in [0.15, 0.2) is 79.8 Å². The van der Waals surface area contributed by atoms with Crippen molar-refractivity contribution in [1.82, 2.24) is 19.7 Å². The van der Waals surface area contributed by atoms with Gasteiger partial charge in [0.15, 0.2) is 0 Å². The van der Waals surface area contributed by atoms with Gasteiger partial charge in [0.1, 0.15) is 5.82 Å². The van der Waals surface area contributed by atoms with Crippen molar-refractivity contribution in [3.8, 4) is 11.1 Å². The molecule has 0 aliphatic rings. The van der Waals surface area contributed by atoms with E-state index in [2.05, 4.69) is 37.6 Å². The molecule has 2 aromatic heterocycles. The Labute approximate surface area is 198 Å². The third-order valence-electron chi connectivity index (χ3n) is 4.85. The van der Waals surface area contributed by atoms with Crippen LogP contribution in [0.25, 0.3) is 11.1 Å². The van der Waals surface area contributed by atoms with E-state index in [0.717, 1.165) is 18.2 Å². The monoisotopic (exact) mass is 479 g/mol. The second-order valence-corrected chi connectivity index (χ2v) is 7.46. The van der Waals surface area contributed by atoms with E-state index in [1.807, 2.05) is 0 Å². The largest absolute Gasteiger partial charge is 0.416 e. The molecular formula is C24H20F3N7O. The van der Waals surface area contributed by atoms with Crippen LogP contribution in [0.3, 0.4) is 0 Å². The van der Waals surface area contributed by atoms with Crippen molar-refractivity contribution in [3.05, 3.63) is 85.3 Å². The maximum atomic E-state index is 13.0. The Morgan fingerprint density at radius 1 is 1.03 bits per heavy atom. The zero-order valence-corrected chi connectivity index (χ0v) is 18.5. The number of nitrogens with zero attached hydrogens (tertiary/aromatic N) is 4. The molecule has 0 spiro atoms. The van der Waals surface area contributed by atoms with Crippen LogP contribution in [0.5, 0.6) is 0 Å². The molecule has 0 atom stereocenters. The lowest BCUT2D eigenvalue weighted by Gasteiger charge is -2.14. The maximum Gasteiger partial charge on any atom is 0.416 e. The first-order chi connectivity index (χ1) is 16.7. The van der Waals surface area contributed by atoms with Gasteiger partial charge in [-0.2, -0.15) is 23.3 Å².